The number of carbonyl (C=O) groups excluding carboxylic acids is 2. The van der Waals surface area contributed by atoms with E-state index in [1.54, 1.807) is 49.4 Å². The summed E-state index contributed by atoms with van der Waals surface area (Å²) in [5.74, 6) is 0.284. The fourth-order valence-corrected chi connectivity index (χ4v) is 2.17. The molecule has 0 radical (unpaired) electrons. The highest BCUT2D eigenvalue weighted by molar-refractivity contribution is 5.98. The van der Waals surface area contributed by atoms with Crippen molar-refractivity contribution in [3.05, 3.63) is 71.8 Å². The molecule has 1 aliphatic heterocycles. The molecule has 23 heavy (non-hydrogen) atoms. The minimum Gasteiger partial charge on any atom is -0.466 e. The Morgan fingerprint density at radius 3 is 2.57 bits per heavy atom. The highest BCUT2D eigenvalue weighted by Crippen LogP contribution is 2.29. The van der Waals surface area contributed by atoms with Crippen LogP contribution in [0.2, 0.25) is 0 Å². The Hall–Kier alpha value is -3.08. The summed E-state index contributed by atoms with van der Waals surface area (Å²) < 4.78 is 10.9. The third-order valence-corrected chi connectivity index (χ3v) is 3.38. The molecular formula is C18H15NO4. The Labute approximate surface area is 133 Å². The first kappa shape index (κ1) is 14.8. The van der Waals surface area contributed by atoms with E-state index in [9.17, 15) is 9.59 Å². The zero-order chi connectivity index (χ0) is 16.4. The molecule has 1 aliphatic rings. The Morgan fingerprint density at radius 1 is 1.17 bits per heavy atom. The molecule has 0 aromatic heterocycles. The fourth-order valence-electron chi connectivity index (χ4n) is 2.17. The van der Waals surface area contributed by atoms with Gasteiger partial charge in [-0.05, 0) is 43.3 Å². The monoisotopic (exact) mass is 309 g/mol. The van der Waals surface area contributed by atoms with Crippen molar-refractivity contribution in [2.24, 2.45) is 0 Å². The second-order valence-corrected chi connectivity index (χ2v) is 5.21. The van der Waals surface area contributed by atoms with Crippen molar-refractivity contribution in [1.29, 1.82) is 0 Å². The first-order chi connectivity index (χ1) is 11.0. The number of rotatable bonds is 3. The van der Waals surface area contributed by atoms with Crippen molar-refractivity contribution >= 4 is 11.9 Å². The molecule has 3 rings (SSSR count). The minimum absolute atomic E-state index is 0.186. The van der Waals surface area contributed by atoms with E-state index >= 15 is 0 Å². The van der Waals surface area contributed by atoms with E-state index in [1.807, 2.05) is 6.07 Å². The third-order valence-electron chi connectivity index (χ3n) is 3.38. The standard InChI is InChI=1S/C18H15NO4/c1-11(2)18(21)22-13-9-7-12(8-10-13)17-19-16(20)14-5-3-4-6-15(14)23-17/h3-10,17H,1H2,2H3,(H,19,20). The first-order valence-electron chi connectivity index (χ1n) is 7.09. The molecule has 0 spiro atoms. The van der Waals surface area contributed by atoms with Crippen LogP contribution in [0.3, 0.4) is 0 Å². The molecule has 1 amide bonds. The van der Waals surface area contributed by atoms with Gasteiger partial charge in [-0.1, -0.05) is 18.7 Å². The molecule has 0 saturated carbocycles. The summed E-state index contributed by atoms with van der Waals surface area (Å²) >= 11 is 0. The number of benzene rings is 2. The van der Waals surface area contributed by atoms with Crippen LogP contribution in [0, 0.1) is 0 Å². The minimum atomic E-state index is -0.580. The van der Waals surface area contributed by atoms with Crippen LogP contribution >= 0.6 is 0 Å². The second kappa shape index (κ2) is 5.96. The van der Waals surface area contributed by atoms with E-state index < -0.39 is 12.2 Å². The smallest absolute Gasteiger partial charge is 0.338 e. The number of ether oxygens (including phenoxy) is 2. The van der Waals surface area contributed by atoms with Crippen LogP contribution in [0.5, 0.6) is 11.5 Å². The summed E-state index contributed by atoms with van der Waals surface area (Å²) in [5.41, 5.74) is 1.59. The van der Waals surface area contributed by atoms with Crippen LogP contribution in [0.1, 0.15) is 29.1 Å². The van der Waals surface area contributed by atoms with Gasteiger partial charge < -0.3 is 14.8 Å². The fraction of sp³-hybridized carbons (Fsp3) is 0.111. The average Bonchev–Trinajstić information content (AvgIpc) is 2.55. The number of hydrogen-bond acceptors (Lipinski definition) is 4. The Kier molecular flexibility index (Phi) is 3.85. The maximum Gasteiger partial charge on any atom is 0.338 e. The highest BCUT2D eigenvalue weighted by atomic mass is 16.5. The van der Waals surface area contributed by atoms with Gasteiger partial charge in [-0.15, -0.1) is 0 Å². The van der Waals surface area contributed by atoms with Gasteiger partial charge in [0.15, 0.2) is 6.23 Å². The van der Waals surface area contributed by atoms with Gasteiger partial charge in [0.2, 0.25) is 0 Å². The summed E-state index contributed by atoms with van der Waals surface area (Å²) in [4.78, 5) is 23.6. The highest BCUT2D eigenvalue weighted by Gasteiger charge is 2.26. The Morgan fingerprint density at radius 2 is 1.87 bits per heavy atom. The molecule has 0 fully saturated rings. The predicted octanol–water partition coefficient (Wildman–Crippen LogP) is 2.99. The van der Waals surface area contributed by atoms with E-state index in [1.165, 1.54) is 0 Å². The van der Waals surface area contributed by atoms with Gasteiger partial charge in [-0.3, -0.25) is 4.79 Å². The van der Waals surface area contributed by atoms with E-state index in [0.717, 1.165) is 5.56 Å². The molecule has 116 valence electrons. The summed E-state index contributed by atoms with van der Waals surface area (Å²) in [6, 6.07) is 13.8. The number of amides is 1. The summed E-state index contributed by atoms with van der Waals surface area (Å²) in [6.45, 7) is 5.11. The number of para-hydroxylation sites is 1. The number of hydrogen-bond donors (Lipinski definition) is 1. The SMILES string of the molecule is C=C(C)C(=O)Oc1ccc(C2NC(=O)c3ccccc3O2)cc1. The van der Waals surface area contributed by atoms with Crippen LogP contribution in [-0.2, 0) is 4.79 Å². The molecule has 1 N–H and O–H groups in total. The third kappa shape index (κ3) is 3.08. The molecule has 2 aromatic carbocycles. The second-order valence-electron chi connectivity index (χ2n) is 5.21. The van der Waals surface area contributed by atoms with Gasteiger partial charge in [0.05, 0.1) is 5.56 Å². The molecule has 0 bridgehead atoms. The quantitative estimate of drug-likeness (QED) is 0.538. The molecule has 5 heteroatoms. The van der Waals surface area contributed by atoms with Gasteiger partial charge in [-0.2, -0.15) is 0 Å². The summed E-state index contributed by atoms with van der Waals surface area (Å²) in [5, 5.41) is 2.78. The lowest BCUT2D eigenvalue weighted by Gasteiger charge is -2.27. The van der Waals surface area contributed by atoms with Crippen molar-refractivity contribution in [3.8, 4) is 11.5 Å². The van der Waals surface area contributed by atoms with Gasteiger partial charge in [-0.25, -0.2) is 4.79 Å². The number of nitrogens with one attached hydrogen (secondary N) is 1. The number of fused-ring (bicyclic) bond motifs is 1. The van der Waals surface area contributed by atoms with Crippen LogP contribution in [0.25, 0.3) is 0 Å². The molecule has 0 aliphatic carbocycles. The van der Waals surface area contributed by atoms with Crippen LogP contribution < -0.4 is 14.8 Å². The molecule has 2 aromatic rings. The van der Waals surface area contributed by atoms with E-state index in [2.05, 4.69) is 11.9 Å². The maximum atomic E-state index is 12.1. The average molecular weight is 309 g/mol. The number of esters is 1. The Balaban J connectivity index is 1.77. The van der Waals surface area contributed by atoms with Crippen molar-refractivity contribution in [2.45, 2.75) is 13.2 Å². The summed E-state index contributed by atoms with van der Waals surface area (Å²) in [6.07, 6.45) is -0.580. The maximum absolute atomic E-state index is 12.1. The van der Waals surface area contributed by atoms with Gasteiger partial charge in [0, 0.05) is 11.1 Å². The van der Waals surface area contributed by atoms with Crippen molar-refractivity contribution in [3.63, 3.8) is 0 Å². The van der Waals surface area contributed by atoms with Crippen LogP contribution in [0.4, 0.5) is 0 Å². The molecule has 1 unspecified atom stereocenters. The van der Waals surface area contributed by atoms with Gasteiger partial charge >= 0.3 is 5.97 Å². The van der Waals surface area contributed by atoms with Crippen molar-refractivity contribution < 1.29 is 19.1 Å². The van der Waals surface area contributed by atoms with E-state index in [-0.39, 0.29) is 5.91 Å². The van der Waals surface area contributed by atoms with Crippen LogP contribution in [-0.4, -0.2) is 11.9 Å². The molecule has 5 nitrogen and oxygen atoms in total. The molecule has 0 saturated heterocycles. The number of carbonyl (C=O) groups is 2. The van der Waals surface area contributed by atoms with Crippen molar-refractivity contribution in [2.75, 3.05) is 0 Å². The molecule has 1 heterocycles. The van der Waals surface area contributed by atoms with Crippen LogP contribution in [0.15, 0.2) is 60.7 Å². The zero-order valence-electron chi connectivity index (χ0n) is 12.5. The lowest BCUT2D eigenvalue weighted by atomic mass is 10.1. The summed E-state index contributed by atoms with van der Waals surface area (Å²) in [7, 11) is 0. The van der Waals surface area contributed by atoms with Gasteiger partial charge in [0.25, 0.3) is 5.91 Å². The molecule has 1 atom stereocenters. The van der Waals surface area contributed by atoms with Crippen molar-refractivity contribution in [1.82, 2.24) is 5.32 Å². The lowest BCUT2D eigenvalue weighted by molar-refractivity contribution is -0.130. The predicted molar refractivity (Wildman–Crippen MR) is 84.2 cm³/mol. The lowest BCUT2D eigenvalue weighted by Crippen LogP contribution is -2.36. The Bertz CT molecular complexity index is 780. The molecular weight excluding hydrogens is 294 g/mol. The van der Waals surface area contributed by atoms with E-state index in [0.29, 0.717) is 22.6 Å². The normalized spacial score (nSPS) is 15.9. The van der Waals surface area contributed by atoms with Gasteiger partial charge in [0.1, 0.15) is 11.5 Å². The van der Waals surface area contributed by atoms with E-state index in [4.69, 9.17) is 9.47 Å². The largest absolute Gasteiger partial charge is 0.466 e. The topological polar surface area (TPSA) is 64.6 Å². The zero-order valence-corrected chi connectivity index (χ0v) is 12.5. The first-order valence-corrected chi connectivity index (χ1v) is 7.09.